The summed E-state index contributed by atoms with van der Waals surface area (Å²) in [5, 5.41) is 0.819. The number of rotatable bonds is 7. The van der Waals surface area contributed by atoms with Gasteiger partial charge in [0.2, 0.25) is 0 Å². The van der Waals surface area contributed by atoms with E-state index >= 15 is 0 Å². The summed E-state index contributed by atoms with van der Waals surface area (Å²) in [5.41, 5.74) is 1.28. The molecule has 3 heteroatoms. The van der Waals surface area contributed by atoms with Crippen LogP contribution in [-0.4, -0.2) is 24.2 Å². The largest absolute Gasteiger partial charge is 0.302 e. The molecule has 0 aliphatic carbocycles. The summed E-state index contributed by atoms with van der Waals surface area (Å²) in [5.74, 6) is 1.74. The lowest BCUT2D eigenvalue weighted by molar-refractivity contribution is 0.297. The number of benzene rings is 1. The van der Waals surface area contributed by atoms with Crippen LogP contribution in [0.25, 0.3) is 0 Å². The van der Waals surface area contributed by atoms with Crippen LogP contribution in [-0.2, 0) is 6.54 Å². The van der Waals surface area contributed by atoms with Crippen molar-refractivity contribution >= 4 is 24.2 Å². The first-order valence-electron chi connectivity index (χ1n) is 6.15. The van der Waals surface area contributed by atoms with Gasteiger partial charge in [-0.1, -0.05) is 30.7 Å². The van der Waals surface area contributed by atoms with E-state index in [-0.39, 0.29) is 0 Å². The van der Waals surface area contributed by atoms with Crippen molar-refractivity contribution in [2.45, 2.75) is 26.3 Å². The molecule has 1 aromatic rings. The van der Waals surface area contributed by atoms with Crippen molar-refractivity contribution < 1.29 is 0 Å². The third kappa shape index (κ3) is 6.35. The van der Waals surface area contributed by atoms with Gasteiger partial charge in [-0.3, -0.25) is 0 Å². The Bertz CT molecular complexity index is 330. The van der Waals surface area contributed by atoms with Crippen molar-refractivity contribution in [2.24, 2.45) is 5.92 Å². The Morgan fingerprint density at radius 1 is 1.35 bits per heavy atom. The van der Waals surface area contributed by atoms with Crippen LogP contribution in [0.4, 0.5) is 0 Å². The highest BCUT2D eigenvalue weighted by molar-refractivity contribution is 7.80. The molecule has 0 N–H and O–H groups in total. The summed E-state index contributed by atoms with van der Waals surface area (Å²) in [4.78, 5) is 2.35. The van der Waals surface area contributed by atoms with Crippen molar-refractivity contribution in [3.8, 4) is 0 Å². The Labute approximate surface area is 116 Å². The second-order valence-corrected chi connectivity index (χ2v) is 5.66. The standard InChI is InChI=1S/C14H22ClNS/c1-12(7-9-17)6-8-16(2)11-13-4-3-5-14(15)10-13/h3-5,10,12,17H,6-9,11H2,1-2H3. The zero-order valence-corrected chi connectivity index (χ0v) is 12.3. The quantitative estimate of drug-likeness (QED) is 0.730. The van der Waals surface area contributed by atoms with Crippen molar-refractivity contribution in [3.63, 3.8) is 0 Å². The van der Waals surface area contributed by atoms with Crippen LogP contribution >= 0.6 is 24.2 Å². The summed E-state index contributed by atoms with van der Waals surface area (Å²) < 4.78 is 0. The monoisotopic (exact) mass is 271 g/mol. The number of hydrogen-bond donors (Lipinski definition) is 1. The van der Waals surface area contributed by atoms with Gasteiger partial charge in [-0.25, -0.2) is 0 Å². The van der Waals surface area contributed by atoms with Crippen LogP contribution in [0.2, 0.25) is 5.02 Å². The van der Waals surface area contributed by atoms with Crippen LogP contribution in [0.1, 0.15) is 25.3 Å². The lowest BCUT2D eigenvalue weighted by Crippen LogP contribution is -2.20. The zero-order valence-electron chi connectivity index (χ0n) is 10.7. The van der Waals surface area contributed by atoms with E-state index in [9.17, 15) is 0 Å². The maximum atomic E-state index is 5.97. The molecule has 96 valence electrons. The molecule has 0 amide bonds. The Balaban J connectivity index is 2.32. The molecule has 1 rings (SSSR count). The molecule has 0 spiro atoms. The Morgan fingerprint density at radius 3 is 2.76 bits per heavy atom. The third-order valence-corrected chi connectivity index (χ3v) is 3.46. The molecule has 0 radical (unpaired) electrons. The molecule has 1 nitrogen and oxygen atoms in total. The van der Waals surface area contributed by atoms with Gasteiger partial charge in [0.15, 0.2) is 0 Å². The van der Waals surface area contributed by atoms with Crippen molar-refractivity contribution in [1.82, 2.24) is 4.90 Å². The van der Waals surface area contributed by atoms with E-state index in [4.69, 9.17) is 11.6 Å². The molecule has 0 aliphatic heterocycles. The van der Waals surface area contributed by atoms with E-state index in [0.717, 1.165) is 29.8 Å². The minimum Gasteiger partial charge on any atom is -0.302 e. The summed E-state index contributed by atoms with van der Waals surface area (Å²) in [6.45, 7) is 4.39. The maximum Gasteiger partial charge on any atom is 0.0409 e. The molecule has 1 atom stereocenters. The molecule has 0 fully saturated rings. The molecule has 0 saturated carbocycles. The highest BCUT2D eigenvalue weighted by Crippen LogP contribution is 2.13. The smallest absolute Gasteiger partial charge is 0.0409 e. The highest BCUT2D eigenvalue weighted by atomic mass is 35.5. The topological polar surface area (TPSA) is 3.24 Å². The second-order valence-electron chi connectivity index (χ2n) is 4.77. The second kappa shape index (κ2) is 8.02. The predicted molar refractivity (Wildman–Crippen MR) is 80.0 cm³/mol. The predicted octanol–water partition coefficient (Wildman–Crippen LogP) is 4.12. The molecule has 17 heavy (non-hydrogen) atoms. The lowest BCUT2D eigenvalue weighted by atomic mass is 10.0. The number of thiol groups is 1. The van der Waals surface area contributed by atoms with Gasteiger partial charge in [0.25, 0.3) is 0 Å². The molecule has 0 bridgehead atoms. The molecule has 1 aromatic carbocycles. The molecule has 0 aliphatic rings. The molecule has 1 unspecified atom stereocenters. The number of halogens is 1. The minimum absolute atomic E-state index is 0.759. The van der Waals surface area contributed by atoms with Gasteiger partial charge in [0, 0.05) is 11.6 Å². The van der Waals surface area contributed by atoms with E-state index in [1.807, 2.05) is 18.2 Å². The van der Waals surface area contributed by atoms with Crippen LogP contribution < -0.4 is 0 Å². The van der Waals surface area contributed by atoms with Crippen LogP contribution in [0.5, 0.6) is 0 Å². The molecular weight excluding hydrogens is 250 g/mol. The van der Waals surface area contributed by atoms with E-state index in [2.05, 4.69) is 37.6 Å². The highest BCUT2D eigenvalue weighted by Gasteiger charge is 2.05. The number of hydrogen-bond acceptors (Lipinski definition) is 2. The van der Waals surface area contributed by atoms with Crippen LogP contribution in [0.3, 0.4) is 0 Å². The van der Waals surface area contributed by atoms with Gasteiger partial charge < -0.3 is 4.90 Å². The SMILES string of the molecule is CC(CCS)CCN(C)Cc1cccc(Cl)c1. The van der Waals surface area contributed by atoms with Crippen molar-refractivity contribution in [2.75, 3.05) is 19.3 Å². The molecule has 0 saturated heterocycles. The first-order valence-corrected chi connectivity index (χ1v) is 7.16. The van der Waals surface area contributed by atoms with E-state index < -0.39 is 0 Å². The minimum atomic E-state index is 0.759. The first-order chi connectivity index (χ1) is 8.11. The number of nitrogens with zero attached hydrogens (tertiary/aromatic N) is 1. The normalized spacial score (nSPS) is 13.0. The van der Waals surface area contributed by atoms with Gasteiger partial charge >= 0.3 is 0 Å². The van der Waals surface area contributed by atoms with Crippen molar-refractivity contribution in [3.05, 3.63) is 34.9 Å². The molecule has 0 aromatic heterocycles. The Hall–Kier alpha value is -0.180. The fourth-order valence-corrected chi connectivity index (χ4v) is 2.49. The zero-order chi connectivity index (χ0) is 12.7. The van der Waals surface area contributed by atoms with Gasteiger partial charge in [-0.2, -0.15) is 12.6 Å². The lowest BCUT2D eigenvalue weighted by Gasteiger charge is -2.19. The molecule has 0 heterocycles. The van der Waals surface area contributed by atoms with Crippen LogP contribution in [0, 0.1) is 5.92 Å². The average molecular weight is 272 g/mol. The summed E-state index contributed by atoms with van der Waals surface area (Å²) in [7, 11) is 2.16. The van der Waals surface area contributed by atoms with E-state index in [0.29, 0.717) is 0 Å². The fraction of sp³-hybridized carbons (Fsp3) is 0.571. The van der Waals surface area contributed by atoms with Gasteiger partial charge in [0.05, 0.1) is 0 Å². The van der Waals surface area contributed by atoms with Crippen LogP contribution in [0.15, 0.2) is 24.3 Å². The van der Waals surface area contributed by atoms with Gasteiger partial charge in [-0.15, -0.1) is 0 Å². The maximum absolute atomic E-state index is 5.97. The summed E-state index contributed by atoms with van der Waals surface area (Å²) in [6, 6.07) is 8.09. The summed E-state index contributed by atoms with van der Waals surface area (Å²) in [6.07, 6.45) is 2.44. The van der Waals surface area contributed by atoms with E-state index in [1.165, 1.54) is 18.4 Å². The Kier molecular flexibility index (Phi) is 7.02. The van der Waals surface area contributed by atoms with Gasteiger partial charge in [-0.05, 0) is 55.8 Å². The average Bonchev–Trinajstić information content (AvgIpc) is 2.27. The van der Waals surface area contributed by atoms with E-state index in [1.54, 1.807) is 0 Å². The first kappa shape index (κ1) is 14.9. The fourth-order valence-electron chi connectivity index (χ4n) is 1.83. The van der Waals surface area contributed by atoms with Gasteiger partial charge in [0.1, 0.15) is 0 Å². The van der Waals surface area contributed by atoms with Crippen molar-refractivity contribution in [1.29, 1.82) is 0 Å². The molecular formula is C14H22ClNS. The summed E-state index contributed by atoms with van der Waals surface area (Å²) >= 11 is 10.2. The Morgan fingerprint density at radius 2 is 2.12 bits per heavy atom. The third-order valence-electron chi connectivity index (χ3n) is 2.97.